The van der Waals surface area contributed by atoms with Crippen LogP contribution < -0.4 is 4.74 Å². The molecule has 0 spiro atoms. The van der Waals surface area contributed by atoms with Crippen molar-refractivity contribution in [3.63, 3.8) is 0 Å². The second-order valence-corrected chi connectivity index (χ2v) is 7.30. The second kappa shape index (κ2) is 8.88. The largest absolute Gasteiger partial charge is 0.487 e. The zero-order valence-corrected chi connectivity index (χ0v) is 17.3. The summed E-state index contributed by atoms with van der Waals surface area (Å²) in [6.45, 7) is -0.211. The quantitative estimate of drug-likeness (QED) is 0.317. The van der Waals surface area contributed by atoms with Crippen molar-refractivity contribution in [1.82, 2.24) is 9.78 Å². The van der Waals surface area contributed by atoms with Gasteiger partial charge in [0.05, 0.1) is 16.4 Å². The third kappa shape index (κ3) is 4.68. The molecule has 0 saturated carbocycles. The molecule has 4 aromatic rings. The highest BCUT2D eigenvalue weighted by atomic mass is 35.5. The highest BCUT2D eigenvalue weighted by molar-refractivity contribution is 6.32. The lowest BCUT2D eigenvalue weighted by molar-refractivity contribution is -0.141. The molecule has 32 heavy (non-hydrogen) atoms. The van der Waals surface area contributed by atoms with Gasteiger partial charge in [-0.25, -0.2) is 4.68 Å². The molecule has 1 heterocycles. The van der Waals surface area contributed by atoms with Crippen molar-refractivity contribution in [1.29, 1.82) is 0 Å². The van der Waals surface area contributed by atoms with Crippen LogP contribution in [0.15, 0.2) is 84.9 Å². The van der Waals surface area contributed by atoms with Crippen LogP contribution in [-0.2, 0) is 12.8 Å². The van der Waals surface area contributed by atoms with Crippen LogP contribution in [0.5, 0.6) is 5.75 Å². The van der Waals surface area contributed by atoms with Crippen LogP contribution in [0, 0.1) is 0 Å². The second-order valence-electron chi connectivity index (χ2n) is 6.89. The summed E-state index contributed by atoms with van der Waals surface area (Å²) in [6.07, 6.45) is -4.62. The lowest BCUT2D eigenvalue weighted by Gasteiger charge is -2.11. The number of ether oxygens (including phenoxy) is 1. The number of hydrogen-bond donors (Lipinski definition) is 0. The number of hydrogen-bond acceptors (Lipinski definition) is 3. The van der Waals surface area contributed by atoms with Gasteiger partial charge in [0.25, 0.3) is 0 Å². The first-order chi connectivity index (χ1) is 15.3. The molecule has 0 radical (unpaired) electrons. The number of carbonyl (C=O) groups is 1. The van der Waals surface area contributed by atoms with E-state index in [4.69, 9.17) is 16.3 Å². The molecule has 4 rings (SSSR count). The molecule has 4 nitrogen and oxygen atoms in total. The maximum atomic E-state index is 13.3. The minimum atomic E-state index is -4.62. The van der Waals surface area contributed by atoms with E-state index in [1.807, 2.05) is 6.07 Å². The van der Waals surface area contributed by atoms with E-state index >= 15 is 0 Å². The van der Waals surface area contributed by atoms with Crippen molar-refractivity contribution in [2.45, 2.75) is 12.8 Å². The summed E-state index contributed by atoms with van der Waals surface area (Å²) in [5, 5.41) is 3.93. The topological polar surface area (TPSA) is 44.1 Å². The number of carbonyl (C=O) groups excluding carboxylic acids is 1. The van der Waals surface area contributed by atoms with E-state index in [1.165, 1.54) is 0 Å². The van der Waals surface area contributed by atoms with Gasteiger partial charge in [-0.3, -0.25) is 4.79 Å². The molecule has 0 atom stereocenters. The lowest BCUT2D eigenvalue weighted by Crippen LogP contribution is -2.09. The highest BCUT2D eigenvalue weighted by Gasteiger charge is 2.35. The average molecular weight is 457 g/mol. The van der Waals surface area contributed by atoms with Gasteiger partial charge in [0.2, 0.25) is 0 Å². The molecule has 0 fully saturated rings. The van der Waals surface area contributed by atoms with E-state index in [2.05, 4.69) is 5.10 Å². The minimum Gasteiger partial charge on any atom is -0.487 e. The van der Waals surface area contributed by atoms with Gasteiger partial charge in [0, 0.05) is 11.1 Å². The summed E-state index contributed by atoms with van der Waals surface area (Å²) >= 11 is 6.16. The summed E-state index contributed by atoms with van der Waals surface area (Å²) in [5.41, 5.74) is 0.339. The monoisotopic (exact) mass is 456 g/mol. The van der Waals surface area contributed by atoms with Gasteiger partial charge in [-0.2, -0.15) is 18.3 Å². The Morgan fingerprint density at radius 3 is 2.31 bits per heavy atom. The number of halogens is 4. The van der Waals surface area contributed by atoms with Gasteiger partial charge in [-0.1, -0.05) is 66.2 Å². The minimum absolute atomic E-state index is 0.158. The zero-order chi connectivity index (χ0) is 22.7. The van der Waals surface area contributed by atoms with Crippen molar-refractivity contribution >= 4 is 17.4 Å². The van der Waals surface area contributed by atoms with Crippen LogP contribution in [0.2, 0.25) is 5.02 Å². The van der Waals surface area contributed by atoms with Crippen LogP contribution in [0.1, 0.15) is 27.3 Å². The summed E-state index contributed by atoms with van der Waals surface area (Å²) in [7, 11) is 0. The van der Waals surface area contributed by atoms with Gasteiger partial charge >= 0.3 is 6.18 Å². The van der Waals surface area contributed by atoms with Crippen LogP contribution in [0.4, 0.5) is 13.2 Å². The van der Waals surface area contributed by atoms with Crippen LogP contribution in [0.3, 0.4) is 0 Å². The Bertz CT molecular complexity index is 1250. The van der Waals surface area contributed by atoms with Gasteiger partial charge in [0.15, 0.2) is 11.5 Å². The maximum Gasteiger partial charge on any atom is 0.435 e. The van der Waals surface area contributed by atoms with Crippen LogP contribution in [0.25, 0.3) is 5.69 Å². The summed E-state index contributed by atoms with van der Waals surface area (Å²) in [4.78, 5) is 12.7. The third-order valence-electron chi connectivity index (χ3n) is 4.67. The van der Waals surface area contributed by atoms with Gasteiger partial charge < -0.3 is 4.74 Å². The molecule has 0 aliphatic rings. The van der Waals surface area contributed by atoms with E-state index in [0.29, 0.717) is 22.6 Å². The van der Waals surface area contributed by atoms with Gasteiger partial charge in [-0.05, 0) is 30.3 Å². The van der Waals surface area contributed by atoms with Crippen molar-refractivity contribution in [3.8, 4) is 11.4 Å². The Balaban J connectivity index is 1.61. The van der Waals surface area contributed by atoms with Crippen molar-refractivity contribution in [2.75, 3.05) is 0 Å². The molecular weight excluding hydrogens is 441 g/mol. The molecule has 1 aromatic heterocycles. The molecular formula is C24H16ClF3N2O2. The van der Waals surface area contributed by atoms with Crippen LogP contribution in [-0.4, -0.2) is 15.6 Å². The number of aromatic nitrogens is 2. The fraction of sp³-hybridized carbons (Fsp3) is 0.0833. The molecule has 0 bridgehead atoms. The van der Waals surface area contributed by atoms with Gasteiger partial charge in [-0.15, -0.1) is 0 Å². The number of alkyl halides is 3. The summed E-state index contributed by atoms with van der Waals surface area (Å²) < 4.78 is 46.7. The fourth-order valence-corrected chi connectivity index (χ4v) is 3.35. The standard InChI is InChI=1S/C24H16ClF3N2O2/c25-20-11-4-5-12-21(20)30-18(14-22(29-30)24(26,27)28)15-32-19-10-6-9-17(13-19)23(31)16-7-2-1-3-8-16/h1-14H,15H2. The highest BCUT2D eigenvalue weighted by Crippen LogP contribution is 2.31. The van der Waals surface area contributed by atoms with Crippen molar-refractivity contribution < 1.29 is 22.7 Å². The van der Waals surface area contributed by atoms with E-state index in [-0.39, 0.29) is 23.1 Å². The van der Waals surface area contributed by atoms with Gasteiger partial charge in [0.1, 0.15) is 12.4 Å². The third-order valence-corrected chi connectivity index (χ3v) is 4.99. The fourth-order valence-electron chi connectivity index (χ4n) is 3.13. The SMILES string of the molecule is O=C(c1ccccc1)c1cccc(OCc2cc(C(F)(F)F)nn2-c2ccccc2Cl)c1. The molecule has 0 aliphatic heterocycles. The normalized spacial score (nSPS) is 11.4. The number of benzene rings is 3. The molecule has 0 saturated heterocycles. The Morgan fingerprint density at radius 2 is 1.59 bits per heavy atom. The van der Waals surface area contributed by atoms with E-state index < -0.39 is 11.9 Å². The van der Waals surface area contributed by atoms with E-state index in [9.17, 15) is 18.0 Å². The number of nitrogens with zero attached hydrogens (tertiary/aromatic N) is 2. The molecule has 0 aliphatic carbocycles. The number of para-hydroxylation sites is 1. The maximum absolute atomic E-state index is 13.3. The van der Waals surface area contributed by atoms with Crippen LogP contribution >= 0.6 is 11.6 Å². The van der Waals surface area contributed by atoms with E-state index in [1.54, 1.807) is 72.8 Å². The Morgan fingerprint density at radius 1 is 0.906 bits per heavy atom. The molecule has 3 aromatic carbocycles. The van der Waals surface area contributed by atoms with E-state index in [0.717, 1.165) is 10.7 Å². The van der Waals surface area contributed by atoms with Crippen molar-refractivity contribution in [2.24, 2.45) is 0 Å². The summed E-state index contributed by atoms with van der Waals surface area (Å²) in [5.74, 6) is 0.156. The Hall–Kier alpha value is -3.58. The molecule has 8 heteroatoms. The summed E-state index contributed by atoms with van der Waals surface area (Å²) in [6, 6.07) is 22.6. The lowest BCUT2D eigenvalue weighted by atomic mass is 10.0. The molecule has 0 unspecified atom stereocenters. The predicted molar refractivity (Wildman–Crippen MR) is 114 cm³/mol. The average Bonchev–Trinajstić information content (AvgIpc) is 3.23. The number of rotatable bonds is 6. The molecule has 0 N–H and O–H groups in total. The first-order valence-corrected chi connectivity index (χ1v) is 9.94. The Labute approximate surface area is 186 Å². The zero-order valence-electron chi connectivity index (χ0n) is 16.5. The molecule has 162 valence electrons. The molecule has 0 amide bonds. The number of ketones is 1. The smallest absolute Gasteiger partial charge is 0.435 e. The predicted octanol–water partition coefficient (Wildman–Crippen LogP) is 6.35. The Kier molecular flexibility index (Phi) is 6.01. The first kappa shape index (κ1) is 21.6. The first-order valence-electron chi connectivity index (χ1n) is 9.56. The van der Waals surface area contributed by atoms with Crippen molar-refractivity contribution in [3.05, 3.63) is 112 Å².